The third-order valence-electron chi connectivity index (χ3n) is 4.37. The summed E-state index contributed by atoms with van der Waals surface area (Å²) in [6.45, 7) is 5.74. The molecule has 0 spiro atoms. The predicted octanol–water partition coefficient (Wildman–Crippen LogP) is 2.26. The van der Waals surface area contributed by atoms with E-state index >= 15 is 0 Å². The molecule has 1 fully saturated rings. The molecule has 1 aliphatic rings. The SMILES string of the molecule is CCN(Cc1cccc(C)n1)C(=O)C1(CN)CCCC1. The number of aryl methyl sites for hydroxylation is 1. The average Bonchev–Trinajstić information content (AvgIpc) is 2.94. The van der Waals surface area contributed by atoms with E-state index in [2.05, 4.69) is 4.98 Å². The van der Waals surface area contributed by atoms with Crippen LogP contribution in [0.1, 0.15) is 44.0 Å². The topological polar surface area (TPSA) is 59.2 Å². The van der Waals surface area contributed by atoms with Gasteiger partial charge in [0, 0.05) is 18.8 Å². The number of amides is 1. The molecule has 2 N–H and O–H groups in total. The highest BCUT2D eigenvalue weighted by Gasteiger charge is 2.41. The lowest BCUT2D eigenvalue weighted by molar-refractivity contribution is -0.141. The molecule has 2 rings (SSSR count). The molecule has 0 bridgehead atoms. The zero-order valence-electron chi connectivity index (χ0n) is 12.6. The quantitative estimate of drug-likeness (QED) is 0.896. The van der Waals surface area contributed by atoms with Crippen LogP contribution in [0.15, 0.2) is 18.2 Å². The molecule has 0 saturated heterocycles. The van der Waals surface area contributed by atoms with E-state index in [0.29, 0.717) is 19.6 Å². The van der Waals surface area contributed by atoms with Crippen molar-refractivity contribution in [1.29, 1.82) is 0 Å². The van der Waals surface area contributed by atoms with Gasteiger partial charge in [-0.2, -0.15) is 0 Å². The molecule has 1 aromatic rings. The van der Waals surface area contributed by atoms with Gasteiger partial charge in [0.15, 0.2) is 0 Å². The number of hydrogen-bond acceptors (Lipinski definition) is 3. The number of nitrogens with zero attached hydrogens (tertiary/aromatic N) is 2. The van der Waals surface area contributed by atoms with E-state index in [-0.39, 0.29) is 11.3 Å². The van der Waals surface area contributed by atoms with Crippen LogP contribution in [0.5, 0.6) is 0 Å². The van der Waals surface area contributed by atoms with E-state index in [4.69, 9.17) is 5.73 Å². The van der Waals surface area contributed by atoms with Crippen molar-refractivity contribution in [3.05, 3.63) is 29.6 Å². The highest BCUT2D eigenvalue weighted by atomic mass is 16.2. The molecule has 4 nitrogen and oxygen atoms in total. The number of carbonyl (C=O) groups is 1. The van der Waals surface area contributed by atoms with Crippen molar-refractivity contribution in [2.75, 3.05) is 13.1 Å². The maximum Gasteiger partial charge on any atom is 0.230 e. The van der Waals surface area contributed by atoms with Crippen LogP contribution in [0.2, 0.25) is 0 Å². The molecule has 1 heterocycles. The van der Waals surface area contributed by atoms with E-state index < -0.39 is 0 Å². The van der Waals surface area contributed by atoms with Gasteiger partial charge < -0.3 is 10.6 Å². The maximum atomic E-state index is 12.8. The lowest BCUT2D eigenvalue weighted by atomic mass is 9.84. The Kier molecular flexibility index (Phi) is 4.76. The molecule has 1 aliphatic carbocycles. The van der Waals surface area contributed by atoms with Crippen LogP contribution in [-0.4, -0.2) is 28.9 Å². The van der Waals surface area contributed by atoms with Crippen LogP contribution in [-0.2, 0) is 11.3 Å². The van der Waals surface area contributed by atoms with Crippen molar-refractivity contribution in [3.63, 3.8) is 0 Å². The molecule has 20 heavy (non-hydrogen) atoms. The van der Waals surface area contributed by atoms with Crippen molar-refractivity contribution in [2.45, 2.75) is 46.1 Å². The van der Waals surface area contributed by atoms with E-state index in [1.165, 1.54) is 0 Å². The minimum absolute atomic E-state index is 0.211. The van der Waals surface area contributed by atoms with Crippen LogP contribution in [0, 0.1) is 12.3 Å². The summed E-state index contributed by atoms with van der Waals surface area (Å²) in [4.78, 5) is 19.2. The first-order valence-corrected chi connectivity index (χ1v) is 7.53. The highest BCUT2D eigenvalue weighted by Crippen LogP contribution is 2.39. The van der Waals surface area contributed by atoms with Gasteiger partial charge in [-0.25, -0.2) is 0 Å². The fourth-order valence-electron chi connectivity index (χ4n) is 3.10. The normalized spacial score (nSPS) is 17.1. The Morgan fingerprint density at radius 2 is 2.10 bits per heavy atom. The Hall–Kier alpha value is -1.42. The summed E-state index contributed by atoms with van der Waals surface area (Å²) in [5.74, 6) is 0.211. The van der Waals surface area contributed by atoms with Gasteiger partial charge in [-0.3, -0.25) is 9.78 Å². The Balaban J connectivity index is 2.13. The molecule has 1 amide bonds. The third-order valence-corrected chi connectivity index (χ3v) is 4.37. The monoisotopic (exact) mass is 275 g/mol. The van der Waals surface area contributed by atoms with Crippen LogP contribution in [0.3, 0.4) is 0 Å². The van der Waals surface area contributed by atoms with Crippen molar-refractivity contribution < 1.29 is 4.79 Å². The fraction of sp³-hybridized carbons (Fsp3) is 0.625. The Morgan fingerprint density at radius 1 is 1.40 bits per heavy atom. The molecule has 0 atom stereocenters. The van der Waals surface area contributed by atoms with E-state index in [1.54, 1.807) is 0 Å². The largest absolute Gasteiger partial charge is 0.337 e. The second-order valence-electron chi connectivity index (χ2n) is 5.78. The molecule has 110 valence electrons. The summed E-state index contributed by atoms with van der Waals surface area (Å²) < 4.78 is 0. The van der Waals surface area contributed by atoms with Gasteiger partial charge in [0.2, 0.25) is 5.91 Å². The molecular formula is C16H25N3O. The highest BCUT2D eigenvalue weighted by molar-refractivity contribution is 5.83. The van der Waals surface area contributed by atoms with Crippen molar-refractivity contribution >= 4 is 5.91 Å². The minimum Gasteiger partial charge on any atom is -0.337 e. The molecule has 0 aliphatic heterocycles. The number of rotatable bonds is 5. The van der Waals surface area contributed by atoms with Gasteiger partial charge in [0.05, 0.1) is 17.7 Å². The third kappa shape index (κ3) is 3.01. The van der Waals surface area contributed by atoms with Gasteiger partial charge in [-0.15, -0.1) is 0 Å². The Labute approximate surface area is 121 Å². The van der Waals surface area contributed by atoms with Crippen molar-refractivity contribution in [3.8, 4) is 0 Å². The second-order valence-corrected chi connectivity index (χ2v) is 5.78. The Bertz CT molecular complexity index is 467. The molecule has 1 saturated carbocycles. The van der Waals surface area contributed by atoms with E-state index in [0.717, 1.165) is 37.1 Å². The number of pyridine rings is 1. The van der Waals surface area contributed by atoms with E-state index in [9.17, 15) is 4.79 Å². The summed E-state index contributed by atoms with van der Waals surface area (Å²) in [6, 6.07) is 5.94. The van der Waals surface area contributed by atoms with Gasteiger partial charge >= 0.3 is 0 Å². The predicted molar refractivity (Wildman–Crippen MR) is 80.0 cm³/mol. The van der Waals surface area contributed by atoms with Crippen molar-refractivity contribution in [1.82, 2.24) is 9.88 Å². The van der Waals surface area contributed by atoms with Crippen LogP contribution in [0.4, 0.5) is 0 Å². The first-order chi connectivity index (χ1) is 9.61. The molecule has 0 aromatic carbocycles. The van der Waals surface area contributed by atoms with Crippen LogP contribution >= 0.6 is 0 Å². The standard InChI is InChI=1S/C16H25N3O/c1-3-19(11-14-8-6-7-13(2)18-14)15(20)16(12-17)9-4-5-10-16/h6-8H,3-5,9-12,17H2,1-2H3. The summed E-state index contributed by atoms with van der Waals surface area (Å²) in [7, 11) is 0. The number of hydrogen-bond donors (Lipinski definition) is 1. The van der Waals surface area contributed by atoms with Gasteiger partial charge in [0.25, 0.3) is 0 Å². The zero-order chi connectivity index (χ0) is 14.6. The van der Waals surface area contributed by atoms with Crippen LogP contribution < -0.4 is 5.73 Å². The lowest BCUT2D eigenvalue weighted by Crippen LogP contribution is -2.46. The summed E-state index contributed by atoms with van der Waals surface area (Å²) >= 11 is 0. The summed E-state index contributed by atoms with van der Waals surface area (Å²) in [6.07, 6.45) is 4.09. The number of nitrogens with two attached hydrogens (primary N) is 1. The fourth-order valence-corrected chi connectivity index (χ4v) is 3.10. The summed E-state index contributed by atoms with van der Waals surface area (Å²) in [5, 5.41) is 0. The molecule has 0 radical (unpaired) electrons. The first-order valence-electron chi connectivity index (χ1n) is 7.53. The molecule has 1 aromatic heterocycles. The second kappa shape index (κ2) is 6.35. The number of carbonyl (C=O) groups excluding carboxylic acids is 1. The minimum atomic E-state index is -0.320. The smallest absolute Gasteiger partial charge is 0.230 e. The van der Waals surface area contributed by atoms with Gasteiger partial charge in [-0.05, 0) is 38.8 Å². The Morgan fingerprint density at radius 3 is 2.65 bits per heavy atom. The van der Waals surface area contributed by atoms with Crippen molar-refractivity contribution in [2.24, 2.45) is 11.1 Å². The molecular weight excluding hydrogens is 250 g/mol. The lowest BCUT2D eigenvalue weighted by Gasteiger charge is -2.32. The number of aromatic nitrogens is 1. The van der Waals surface area contributed by atoms with E-state index in [1.807, 2.05) is 36.9 Å². The average molecular weight is 275 g/mol. The first kappa shape index (κ1) is 15.0. The van der Waals surface area contributed by atoms with Gasteiger partial charge in [0.1, 0.15) is 0 Å². The molecule has 4 heteroatoms. The maximum absolute atomic E-state index is 12.8. The summed E-state index contributed by atoms with van der Waals surface area (Å²) in [5.41, 5.74) is 7.53. The van der Waals surface area contributed by atoms with Gasteiger partial charge in [-0.1, -0.05) is 18.9 Å². The zero-order valence-corrected chi connectivity index (χ0v) is 12.6. The molecule has 0 unspecified atom stereocenters. The van der Waals surface area contributed by atoms with Crippen LogP contribution in [0.25, 0.3) is 0 Å².